The zero-order valence-electron chi connectivity index (χ0n) is 28.6. The number of allylic oxidation sites excluding steroid dienone is 14. The summed E-state index contributed by atoms with van der Waals surface area (Å²) in [6.07, 6.45) is 47.9. The minimum Gasteiger partial charge on any atom is -0.462 e. The Morgan fingerprint density at radius 3 is 1.53 bits per heavy atom. The maximum atomic E-state index is 12.1. The van der Waals surface area contributed by atoms with Crippen molar-refractivity contribution in [2.75, 3.05) is 13.2 Å². The molecule has 1 atom stereocenters. The SMILES string of the molecule is CC/C=C\C/C=C\C/C=C\C/C=C\C/C=C\C/C=C\CCC(=O)OC(CO)COC(=O)CCCCCCC/C=C\CCCCC. The van der Waals surface area contributed by atoms with Crippen LogP contribution >= 0.6 is 0 Å². The van der Waals surface area contributed by atoms with Crippen LogP contribution in [-0.4, -0.2) is 36.4 Å². The molecule has 0 aliphatic carbocycles. The van der Waals surface area contributed by atoms with Crippen LogP contribution in [0.15, 0.2) is 85.1 Å². The molecule has 0 saturated heterocycles. The van der Waals surface area contributed by atoms with Crippen molar-refractivity contribution in [2.45, 2.75) is 142 Å². The summed E-state index contributed by atoms with van der Waals surface area (Å²) in [4.78, 5) is 24.1. The van der Waals surface area contributed by atoms with Gasteiger partial charge in [-0.15, -0.1) is 0 Å². The number of ether oxygens (including phenoxy) is 2. The Labute approximate surface area is 275 Å². The first-order valence-corrected chi connectivity index (χ1v) is 17.6. The molecule has 254 valence electrons. The number of rotatable bonds is 30. The van der Waals surface area contributed by atoms with E-state index in [1.807, 2.05) is 12.2 Å². The number of hydrogen-bond acceptors (Lipinski definition) is 5. The largest absolute Gasteiger partial charge is 0.462 e. The van der Waals surface area contributed by atoms with Crippen molar-refractivity contribution < 1.29 is 24.2 Å². The molecular formula is C40H64O5. The summed E-state index contributed by atoms with van der Waals surface area (Å²) in [5.74, 6) is -0.710. The van der Waals surface area contributed by atoms with Crippen molar-refractivity contribution in [1.82, 2.24) is 0 Å². The van der Waals surface area contributed by atoms with Crippen LogP contribution in [0.25, 0.3) is 0 Å². The standard InChI is InChI=1S/C40H64O5/c1-3-5-7-9-11-13-15-17-18-19-20-21-22-23-25-27-29-31-33-35-40(43)45-38(36-41)37-44-39(42)34-32-30-28-26-24-16-14-12-10-8-6-4-2/h5,7,11-14,17-18,20-21,23,25,29,31,38,41H,3-4,6,8-10,15-16,19,22,24,26-28,30,32-37H2,1-2H3/b7-5-,13-11-,14-12-,18-17-,21-20-,25-23-,31-29-. The molecule has 0 rings (SSSR count). The second-order valence-corrected chi connectivity index (χ2v) is 11.2. The van der Waals surface area contributed by atoms with Crippen molar-refractivity contribution in [3.63, 3.8) is 0 Å². The van der Waals surface area contributed by atoms with E-state index in [2.05, 4.69) is 86.8 Å². The zero-order valence-corrected chi connectivity index (χ0v) is 28.6. The van der Waals surface area contributed by atoms with Crippen LogP contribution in [0.3, 0.4) is 0 Å². The molecule has 5 heteroatoms. The van der Waals surface area contributed by atoms with E-state index in [9.17, 15) is 14.7 Å². The Morgan fingerprint density at radius 1 is 0.533 bits per heavy atom. The third-order valence-electron chi connectivity index (χ3n) is 6.94. The number of aliphatic hydroxyl groups excluding tert-OH is 1. The minimum atomic E-state index is -0.818. The topological polar surface area (TPSA) is 72.8 Å². The smallest absolute Gasteiger partial charge is 0.306 e. The molecule has 0 amide bonds. The Morgan fingerprint density at radius 2 is 1.00 bits per heavy atom. The van der Waals surface area contributed by atoms with Crippen molar-refractivity contribution in [2.24, 2.45) is 0 Å². The first-order chi connectivity index (χ1) is 22.1. The first-order valence-electron chi connectivity index (χ1n) is 17.6. The fourth-order valence-corrected chi connectivity index (χ4v) is 4.28. The molecule has 0 radical (unpaired) electrons. The van der Waals surface area contributed by atoms with Gasteiger partial charge in [-0.3, -0.25) is 9.59 Å². The summed E-state index contributed by atoms with van der Waals surface area (Å²) in [6, 6.07) is 0. The summed E-state index contributed by atoms with van der Waals surface area (Å²) in [6.45, 7) is 3.90. The van der Waals surface area contributed by atoms with Crippen LogP contribution in [-0.2, 0) is 19.1 Å². The molecule has 0 saturated carbocycles. The van der Waals surface area contributed by atoms with E-state index in [-0.39, 0.29) is 25.6 Å². The highest BCUT2D eigenvalue weighted by Crippen LogP contribution is 2.10. The van der Waals surface area contributed by atoms with Crippen molar-refractivity contribution in [3.05, 3.63) is 85.1 Å². The summed E-state index contributed by atoms with van der Waals surface area (Å²) >= 11 is 0. The summed E-state index contributed by atoms with van der Waals surface area (Å²) < 4.78 is 10.5. The maximum absolute atomic E-state index is 12.1. The number of carbonyl (C=O) groups excluding carboxylic acids is 2. The van der Waals surface area contributed by atoms with Gasteiger partial charge in [0.05, 0.1) is 6.61 Å². The van der Waals surface area contributed by atoms with Crippen LogP contribution in [0, 0.1) is 0 Å². The number of hydrogen-bond donors (Lipinski definition) is 1. The summed E-state index contributed by atoms with van der Waals surface area (Å²) in [7, 11) is 0. The fourth-order valence-electron chi connectivity index (χ4n) is 4.28. The molecule has 1 N–H and O–H groups in total. The molecule has 0 aromatic carbocycles. The van der Waals surface area contributed by atoms with Crippen molar-refractivity contribution in [1.29, 1.82) is 0 Å². The Hall–Kier alpha value is -2.92. The lowest BCUT2D eigenvalue weighted by Gasteiger charge is -2.15. The van der Waals surface area contributed by atoms with Gasteiger partial charge in [0, 0.05) is 12.8 Å². The van der Waals surface area contributed by atoms with Gasteiger partial charge >= 0.3 is 11.9 Å². The minimum absolute atomic E-state index is 0.106. The number of esters is 2. The second-order valence-electron chi connectivity index (χ2n) is 11.2. The van der Waals surface area contributed by atoms with E-state index < -0.39 is 12.1 Å². The highest BCUT2D eigenvalue weighted by molar-refractivity contribution is 5.70. The molecule has 0 aliphatic heterocycles. The first kappa shape index (κ1) is 42.1. The fraction of sp³-hybridized carbons (Fsp3) is 0.600. The molecule has 0 aromatic heterocycles. The average Bonchev–Trinajstić information content (AvgIpc) is 3.04. The third-order valence-corrected chi connectivity index (χ3v) is 6.94. The van der Waals surface area contributed by atoms with Crippen LogP contribution in [0.5, 0.6) is 0 Å². The molecule has 0 aliphatic rings. The molecule has 5 nitrogen and oxygen atoms in total. The summed E-state index contributed by atoms with van der Waals surface area (Å²) in [5, 5.41) is 9.50. The van der Waals surface area contributed by atoms with Gasteiger partial charge in [-0.1, -0.05) is 131 Å². The lowest BCUT2D eigenvalue weighted by molar-refractivity contribution is -0.161. The van der Waals surface area contributed by atoms with Crippen LogP contribution in [0.2, 0.25) is 0 Å². The second kappa shape index (κ2) is 35.6. The predicted octanol–water partition coefficient (Wildman–Crippen LogP) is 10.8. The average molecular weight is 625 g/mol. The van der Waals surface area contributed by atoms with Gasteiger partial charge in [0.1, 0.15) is 6.61 Å². The molecule has 0 heterocycles. The van der Waals surface area contributed by atoms with Crippen molar-refractivity contribution >= 4 is 11.9 Å². The molecule has 0 fully saturated rings. The number of carbonyl (C=O) groups is 2. The lowest BCUT2D eigenvalue weighted by atomic mass is 10.1. The molecule has 45 heavy (non-hydrogen) atoms. The number of unbranched alkanes of at least 4 members (excludes halogenated alkanes) is 8. The third kappa shape index (κ3) is 33.8. The number of aliphatic hydroxyl groups is 1. The Bertz CT molecular complexity index is 890. The normalized spacial score (nSPS) is 13.2. The van der Waals surface area contributed by atoms with E-state index in [0.717, 1.165) is 64.2 Å². The maximum Gasteiger partial charge on any atom is 0.306 e. The molecule has 1 unspecified atom stereocenters. The van der Waals surface area contributed by atoms with E-state index in [1.54, 1.807) is 0 Å². The van der Waals surface area contributed by atoms with Crippen LogP contribution in [0.4, 0.5) is 0 Å². The van der Waals surface area contributed by atoms with Gasteiger partial charge < -0.3 is 14.6 Å². The van der Waals surface area contributed by atoms with E-state index in [1.165, 1.54) is 38.5 Å². The van der Waals surface area contributed by atoms with Gasteiger partial charge in [-0.25, -0.2) is 0 Å². The van der Waals surface area contributed by atoms with E-state index in [0.29, 0.717) is 12.8 Å². The quantitative estimate of drug-likeness (QED) is 0.0489. The van der Waals surface area contributed by atoms with E-state index in [4.69, 9.17) is 9.47 Å². The van der Waals surface area contributed by atoms with Crippen LogP contribution in [0.1, 0.15) is 136 Å². The van der Waals surface area contributed by atoms with E-state index >= 15 is 0 Å². The molecule has 0 bridgehead atoms. The van der Waals surface area contributed by atoms with Gasteiger partial charge in [0.15, 0.2) is 6.10 Å². The van der Waals surface area contributed by atoms with Gasteiger partial charge in [-0.2, -0.15) is 0 Å². The van der Waals surface area contributed by atoms with Gasteiger partial charge in [0.2, 0.25) is 0 Å². The zero-order chi connectivity index (χ0) is 32.9. The van der Waals surface area contributed by atoms with Crippen molar-refractivity contribution in [3.8, 4) is 0 Å². The van der Waals surface area contributed by atoms with Gasteiger partial charge in [0.25, 0.3) is 0 Å². The van der Waals surface area contributed by atoms with Crippen LogP contribution < -0.4 is 0 Å². The predicted molar refractivity (Wildman–Crippen MR) is 191 cm³/mol. The highest BCUT2D eigenvalue weighted by Gasteiger charge is 2.15. The molecule has 0 aromatic rings. The molecular weight excluding hydrogens is 560 g/mol. The monoisotopic (exact) mass is 624 g/mol. The molecule has 0 spiro atoms. The Kier molecular flexibility index (Phi) is 33.3. The Balaban J connectivity index is 3.78. The lowest BCUT2D eigenvalue weighted by Crippen LogP contribution is -2.28. The van der Waals surface area contributed by atoms with Gasteiger partial charge in [-0.05, 0) is 77.0 Å². The summed E-state index contributed by atoms with van der Waals surface area (Å²) in [5.41, 5.74) is 0. The highest BCUT2D eigenvalue weighted by atomic mass is 16.6.